The molecule has 2 aromatic carbocycles. The smallest absolute Gasteiger partial charge is 0.249 e. The summed E-state index contributed by atoms with van der Waals surface area (Å²) >= 11 is 6.60. The Hall–Kier alpha value is -3.97. The molecule has 218 valence electrons. The minimum absolute atomic E-state index is 0.0118. The number of rotatable bonds is 8. The fraction of sp³-hybridized carbons (Fsp3) is 0.353. The van der Waals surface area contributed by atoms with Crippen LogP contribution in [0.2, 0.25) is 5.02 Å². The van der Waals surface area contributed by atoms with Crippen molar-refractivity contribution in [3.63, 3.8) is 0 Å². The Morgan fingerprint density at radius 3 is 2.57 bits per heavy atom. The monoisotopic (exact) mass is 586 g/mol. The normalized spacial score (nSPS) is 17.1. The maximum atomic E-state index is 13.5. The summed E-state index contributed by atoms with van der Waals surface area (Å²) in [6.07, 6.45) is 9.71. The predicted octanol–water partition coefficient (Wildman–Crippen LogP) is 6.77. The molecule has 7 nitrogen and oxygen atoms in total. The van der Waals surface area contributed by atoms with Gasteiger partial charge in [0, 0.05) is 34.7 Å². The molecule has 3 aromatic rings. The minimum Gasteiger partial charge on any atom is -0.495 e. The maximum absolute atomic E-state index is 13.5. The molecule has 0 radical (unpaired) electrons. The van der Waals surface area contributed by atoms with Crippen LogP contribution in [0.3, 0.4) is 0 Å². The third kappa shape index (κ3) is 5.97. The molecule has 2 heterocycles. The SMILES string of the molecule is COC1=CN=C(/C=C2/CC(=O)c3c(CCc4c(N[C@@H](c5ccc(C)o5)C(C)(C)C)c(=O)c4=O)ccc(Cl)c3C2)CC=C1. The average Bonchev–Trinajstić information content (AvgIpc) is 3.23. The molecule has 1 aliphatic carbocycles. The molecule has 5 rings (SSSR count). The van der Waals surface area contributed by atoms with E-state index in [9.17, 15) is 14.4 Å². The van der Waals surface area contributed by atoms with E-state index in [4.69, 9.17) is 20.8 Å². The Labute approximate surface area is 250 Å². The Kier molecular flexibility index (Phi) is 8.24. The van der Waals surface area contributed by atoms with Crippen molar-refractivity contribution < 1.29 is 13.9 Å². The minimum atomic E-state index is -0.518. The third-order valence-corrected chi connectivity index (χ3v) is 8.19. The van der Waals surface area contributed by atoms with Crippen molar-refractivity contribution >= 4 is 28.8 Å². The first-order valence-corrected chi connectivity index (χ1v) is 14.5. The van der Waals surface area contributed by atoms with Crippen LogP contribution in [-0.4, -0.2) is 18.6 Å². The van der Waals surface area contributed by atoms with E-state index in [-0.39, 0.29) is 23.7 Å². The average molecular weight is 587 g/mol. The molecule has 42 heavy (non-hydrogen) atoms. The predicted molar refractivity (Wildman–Crippen MR) is 166 cm³/mol. The second-order valence-corrected chi connectivity index (χ2v) is 12.4. The van der Waals surface area contributed by atoms with Crippen molar-refractivity contribution in [2.24, 2.45) is 10.4 Å². The lowest BCUT2D eigenvalue weighted by molar-refractivity contribution is 0.0986. The molecule has 0 fully saturated rings. The second-order valence-electron chi connectivity index (χ2n) is 12.0. The van der Waals surface area contributed by atoms with Gasteiger partial charge in [-0.25, -0.2) is 0 Å². The van der Waals surface area contributed by atoms with Gasteiger partial charge in [-0.2, -0.15) is 0 Å². The number of furan rings is 1. The molecule has 0 saturated carbocycles. The number of halogens is 1. The number of ketones is 1. The fourth-order valence-corrected chi connectivity index (χ4v) is 5.86. The molecule has 2 aliphatic rings. The zero-order valence-corrected chi connectivity index (χ0v) is 25.4. The van der Waals surface area contributed by atoms with Gasteiger partial charge in [-0.3, -0.25) is 19.4 Å². The Bertz CT molecular complexity index is 1740. The number of aryl methyl sites for hydroxylation is 2. The van der Waals surface area contributed by atoms with E-state index in [1.165, 1.54) is 0 Å². The lowest BCUT2D eigenvalue weighted by Crippen LogP contribution is -2.41. The van der Waals surface area contributed by atoms with Crippen LogP contribution in [0.4, 0.5) is 5.69 Å². The van der Waals surface area contributed by atoms with Crippen LogP contribution in [0, 0.1) is 12.3 Å². The molecule has 0 spiro atoms. The molecular weight excluding hydrogens is 552 g/mol. The summed E-state index contributed by atoms with van der Waals surface area (Å²) in [6.45, 7) is 8.02. The van der Waals surface area contributed by atoms with Gasteiger partial charge in [0.25, 0.3) is 0 Å². The molecule has 0 bridgehead atoms. The standard InChI is InChI=1S/C34H35ClN2O5/c1-19-9-14-28(42-19)33(34(2,3)4)37-30-24(31(39)32(30)40)12-10-21-11-13-26(35)25-16-20(17-27(38)29(21)25)15-22-7-6-8-23(41-5)18-36-22/h6,8-9,11,13-15,18,33,37H,7,10,12,16-17H2,1-5H3/b20-15+/t33-/m0/s1. The number of anilines is 1. The first-order valence-electron chi connectivity index (χ1n) is 14.1. The summed E-state index contributed by atoms with van der Waals surface area (Å²) in [5.41, 5.74) is 3.53. The second kappa shape index (κ2) is 11.7. The first-order chi connectivity index (χ1) is 20.0. The van der Waals surface area contributed by atoms with Crippen molar-refractivity contribution in [2.75, 3.05) is 12.4 Å². The van der Waals surface area contributed by atoms with Crippen LogP contribution in [-0.2, 0) is 24.0 Å². The molecule has 8 heteroatoms. The molecule has 1 atom stereocenters. The van der Waals surface area contributed by atoms with Crippen LogP contribution < -0.4 is 16.2 Å². The van der Waals surface area contributed by atoms with Gasteiger partial charge in [0.05, 0.1) is 25.0 Å². The van der Waals surface area contributed by atoms with Crippen LogP contribution >= 0.6 is 11.6 Å². The highest BCUT2D eigenvalue weighted by Gasteiger charge is 2.33. The lowest BCUT2D eigenvalue weighted by atomic mass is 9.82. The summed E-state index contributed by atoms with van der Waals surface area (Å²) < 4.78 is 11.1. The largest absolute Gasteiger partial charge is 0.495 e. The van der Waals surface area contributed by atoms with Crippen LogP contribution in [0.5, 0.6) is 0 Å². The highest BCUT2D eigenvalue weighted by molar-refractivity contribution is 6.32. The van der Waals surface area contributed by atoms with Crippen LogP contribution in [0.25, 0.3) is 0 Å². The number of nitrogens with zero attached hydrogens (tertiary/aromatic N) is 1. The zero-order valence-electron chi connectivity index (χ0n) is 24.6. The van der Waals surface area contributed by atoms with Gasteiger partial charge in [-0.1, -0.05) is 50.1 Å². The summed E-state index contributed by atoms with van der Waals surface area (Å²) in [5, 5.41) is 3.85. The van der Waals surface area contributed by atoms with Crippen molar-refractivity contribution in [1.29, 1.82) is 0 Å². The molecule has 1 N–H and O–H groups in total. The number of Topliss-reactive ketones (excluding diaryl/α,β-unsaturated/α-hetero) is 1. The van der Waals surface area contributed by atoms with E-state index in [1.54, 1.807) is 13.3 Å². The molecule has 0 unspecified atom stereocenters. The van der Waals surface area contributed by atoms with Gasteiger partial charge in [-0.15, -0.1) is 0 Å². The maximum Gasteiger partial charge on any atom is 0.249 e. The first kappa shape index (κ1) is 29.5. The van der Waals surface area contributed by atoms with Crippen LogP contribution in [0.15, 0.2) is 79.0 Å². The third-order valence-electron chi connectivity index (χ3n) is 7.84. The summed E-state index contributed by atoms with van der Waals surface area (Å²) in [4.78, 5) is 43.3. The number of aliphatic imine (C=N–C) groups is 1. The number of hydrogen-bond donors (Lipinski definition) is 1. The Morgan fingerprint density at radius 2 is 1.88 bits per heavy atom. The summed E-state index contributed by atoms with van der Waals surface area (Å²) in [5.74, 6) is 2.15. The number of carbonyl (C=O) groups is 1. The number of ether oxygens (including phenoxy) is 1. The lowest BCUT2D eigenvalue weighted by Gasteiger charge is -2.31. The molecular formula is C34H35ClN2O5. The summed E-state index contributed by atoms with van der Waals surface area (Å²) in [7, 11) is 1.60. The van der Waals surface area contributed by atoms with Gasteiger partial charge in [0.15, 0.2) is 5.78 Å². The van der Waals surface area contributed by atoms with Crippen molar-refractivity contribution in [1.82, 2.24) is 0 Å². The molecule has 0 saturated heterocycles. The van der Waals surface area contributed by atoms with Crippen LogP contribution in [0.1, 0.15) is 78.2 Å². The van der Waals surface area contributed by atoms with Crippen molar-refractivity contribution in [3.05, 3.63) is 119 Å². The highest BCUT2D eigenvalue weighted by Crippen LogP contribution is 2.37. The van der Waals surface area contributed by atoms with E-state index in [2.05, 4.69) is 31.1 Å². The number of benzene rings is 1. The van der Waals surface area contributed by atoms with Gasteiger partial charge in [0.2, 0.25) is 10.9 Å². The molecule has 1 aromatic heterocycles. The van der Waals surface area contributed by atoms with Gasteiger partial charge in [-0.05, 0) is 73.1 Å². The quantitative estimate of drug-likeness (QED) is 0.293. The molecule has 0 amide bonds. The van der Waals surface area contributed by atoms with Gasteiger partial charge < -0.3 is 14.5 Å². The highest BCUT2D eigenvalue weighted by atomic mass is 35.5. The summed E-state index contributed by atoms with van der Waals surface area (Å²) in [6, 6.07) is 7.14. The van der Waals surface area contributed by atoms with Gasteiger partial charge in [0.1, 0.15) is 17.3 Å². The van der Waals surface area contributed by atoms with Gasteiger partial charge >= 0.3 is 0 Å². The molecule has 1 aliphatic heterocycles. The zero-order chi connectivity index (χ0) is 30.2. The number of carbonyl (C=O) groups excluding carboxylic acids is 1. The fourth-order valence-electron chi connectivity index (χ4n) is 5.63. The number of fused-ring (bicyclic) bond motifs is 1. The topological polar surface area (TPSA) is 98.0 Å². The van der Waals surface area contributed by atoms with Crippen molar-refractivity contribution in [2.45, 2.75) is 65.8 Å². The Morgan fingerprint density at radius 1 is 1.10 bits per heavy atom. The van der Waals surface area contributed by atoms with E-state index >= 15 is 0 Å². The Balaban J connectivity index is 1.38. The number of hydrogen-bond acceptors (Lipinski definition) is 7. The van der Waals surface area contributed by atoms with E-state index in [0.29, 0.717) is 59.0 Å². The van der Waals surface area contributed by atoms with E-state index in [0.717, 1.165) is 28.2 Å². The van der Waals surface area contributed by atoms with E-state index in [1.807, 2.05) is 49.4 Å². The number of nitrogens with one attached hydrogen (secondary N) is 1. The van der Waals surface area contributed by atoms with Crippen molar-refractivity contribution in [3.8, 4) is 0 Å². The number of methoxy groups -OCH3 is 1. The van der Waals surface area contributed by atoms with E-state index < -0.39 is 10.9 Å². The number of allylic oxidation sites excluding steroid dienone is 4.